The van der Waals surface area contributed by atoms with Crippen molar-refractivity contribution in [2.24, 2.45) is 7.05 Å². The van der Waals surface area contributed by atoms with E-state index in [1.807, 2.05) is 50.6 Å². The van der Waals surface area contributed by atoms with Gasteiger partial charge in [-0.15, -0.1) is 10.2 Å². The van der Waals surface area contributed by atoms with Crippen LogP contribution in [0.25, 0.3) is 0 Å². The van der Waals surface area contributed by atoms with Gasteiger partial charge in [-0.2, -0.15) is 0 Å². The molecule has 118 valence electrons. The summed E-state index contributed by atoms with van der Waals surface area (Å²) in [5.41, 5.74) is 0.982. The molecule has 0 aliphatic rings. The molecule has 1 heterocycles. The predicted octanol–water partition coefficient (Wildman–Crippen LogP) is 2.41. The number of hydrogen-bond donors (Lipinski definition) is 1. The Kier molecular flexibility index (Phi) is 5.24. The molecule has 0 fully saturated rings. The summed E-state index contributed by atoms with van der Waals surface area (Å²) in [6.07, 6.45) is 0.735. The molecule has 0 aliphatic carbocycles. The summed E-state index contributed by atoms with van der Waals surface area (Å²) in [6, 6.07) is 10.2. The minimum absolute atomic E-state index is 0.00473. The minimum atomic E-state index is -0.212. The molecule has 6 heteroatoms. The van der Waals surface area contributed by atoms with Gasteiger partial charge in [0.25, 0.3) is 0 Å². The van der Waals surface area contributed by atoms with Crippen LogP contribution in [0.2, 0.25) is 0 Å². The Bertz CT molecular complexity index is 631. The lowest BCUT2D eigenvalue weighted by Crippen LogP contribution is -2.41. The number of carbonyl (C=O) groups excluding carboxylic acids is 1. The van der Waals surface area contributed by atoms with Crippen molar-refractivity contribution in [3.8, 4) is 0 Å². The molecule has 1 aromatic carbocycles. The summed E-state index contributed by atoms with van der Waals surface area (Å²) in [5, 5.41) is 12.1. The second-order valence-corrected chi connectivity index (χ2v) is 7.15. The molecule has 1 aromatic heterocycles. The van der Waals surface area contributed by atoms with Gasteiger partial charge in [0.05, 0.1) is 5.75 Å². The molecule has 1 N–H and O–H groups in total. The Morgan fingerprint density at radius 3 is 2.55 bits per heavy atom. The fourth-order valence-electron chi connectivity index (χ4n) is 1.99. The molecule has 0 aliphatic heterocycles. The number of hydrogen-bond acceptors (Lipinski definition) is 4. The lowest BCUT2D eigenvalue weighted by Gasteiger charge is -2.20. The molecular weight excluding hydrogens is 296 g/mol. The van der Waals surface area contributed by atoms with E-state index in [4.69, 9.17) is 0 Å². The zero-order valence-electron chi connectivity index (χ0n) is 13.5. The molecule has 22 heavy (non-hydrogen) atoms. The molecule has 0 bridgehead atoms. The lowest BCUT2D eigenvalue weighted by atomic mass is 10.1. The first kappa shape index (κ1) is 16.5. The first-order chi connectivity index (χ1) is 10.3. The SMILES string of the molecule is Cn1c(Cc2ccccc2)nnc1SCC(=O)NC(C)(C)C. The van der Waals surface area contributed by atoms with Crippen LogP contribution in [0.15, 0.2) is 35.5 Å². The highest BCUT2D eigenvalue weighted by molar-refractivity contribution is 7.99. The van der Waals surface area contributed by atoms with Gasteiger partial charge in [-0.1, -0.05) is 42.1 Å². The first-order valence-corrected chi connectivity index (χ1v) is 8.20. The molecule has 2 aromatic rings. The number of rotatable bonds is 5. The Morgan fingerprint density at radius 1 is 1.23 bits per heavy atom. The van der Waals surface area contributed by atoms with Crippen molar-refractivity contribution in [1.82, 2.24) is 20.1 Å². The van der Waals surface area contributed by atoms with Crippen molar-refractivity contribution < 1.29 is 4.79 Å². The van der Waals surface area contributed by atoms with E-state index < -0.39 is 0 Å². The highest BCUT2D eigenvalue weighted by atomic mass is 32.2. The maximum absolute atomic E-state index is 11.9. The lowest BCUT2D eigenvalue weighted by molar-refractivity contribution is -0.119. The molecule has 0 atom stereocenters. The third-order valence-electron chi connectivity index (χ3n) is 2.98. The van der Waals surface area contributed by atoms with E-state index in [1.165, 1.54) is 17.3 Å². The van der Waals surface area contributed by atoms with Crippen molar-refractivity contribution in [2.75, 3.05) is 5.75 Å². The molecule has 1 amide bonds. The van der Waals surface area contributed by atoms with Crippen LogP contribution in [-0.2, 0) is 18.3 Å². The zero-order valence-corrected chi connectivity index (χ0v) is 14.3. The first-order valence-electron chi connectivity index (χ1n) is 7.21. The van der Waals surface area contributed by atoms with E-state index in [9.17, 15) is 4.79 Å². The van der Waals surface area contributed by atoms with Gasteiger partial charge in [0.15, 0.2) is 5.16 Å². The molecule has 5 nitrogen and oxygen atoms in total. The number of aromatic nitrogens is 3. The average molecular weight is 318 g/mol. The largest absolute Gasteiger partial charge is 0.351 e. The summed E-state index contributed by atoms with van der Waals surface area (Å²) in [7, 11) is 1.93. The molecule has 0 saturated heterocycles. The van der Waals surface area contributed by atoms with Crippen LogP contribution in [0.4, 0.5) is 0 Å². The van der Waals surface area contributed by atoms with Crippen molar-refractivity contribution in [2.45, 2.75) is 37.9 Å². The van der Waals surface area contributed by atoms with E-state index in [2.05, 4.69) is 27.6 Å². The van der Waals surface area contributed by atoms with Crippen LogP contribution >= 0.6 is 11.8 Å². The summed E-state index contributed by atoms with van der Waals surface area (Å²) in [4.78, 5) is 11.9. The smallest absolute Gasteiger partial charge is 0.230 e. The summed E-state index contributed by atoms with van der Waals surface area (Å²) >= 11 is 1.40. The van der Waals surface area contributed by atoms with Crippen LogP contribution in [0, 0.1) is 0 Å². The van der Waals surface area contributed by atoms with Crippen molar-refractivity contribution >= 4 is 17.7 Å². The molecular formula is C16H22N4OS. The maximum atomic E-state index is 11.9. The van der Waals surface area contributed by atoms with E-state index >= 15 is 0 Å². The fraction of sp³-hybridized carbons (Fsp3) is 0.438. The van der Waals surface area contributed by atoms with Crippen LogP contribution in [0.3, 0.4) is 0 Å². The van der Waals surface area contributed by atoms with Gasteiger partial charge in [-0.25, -0.2) is 0 Å². The molecule has 2 rings (SSSR count). The van der Waals surface area contributed by atoms with Crippen LogP contribution < -0.4 is 5.32 Å². The topological polar surface area (TPSA) is 59.8 Å². The van der Waals surface area contributed by atoms with Gasteiger partial charge in [0, 0.05) is 19.0 Å². The molecule has 0 unspecified atom stereocenters. The van der Waals surface area contributed by atoms with Crippen molar-refractivity contribution in [3.63, 3.8) is 0 Å². The van der Waals surface area contributed by atoms with Gasteiger partial charge in [-0.05, 0) is 26.3 Å². The number of amides is 1. The van der Waals surface area contributed by atoms with Gasteiger partial charge in [0.2, 0.25) is 5.91 Å². The van der Waals surface area contributed by atoms with Crippen LogP contribution in [-0.4, -0.2) is 32.0 Å². The standard InChI is InChI=1S/C16H22N4OS/c1-16(2,3)17-14(21)11-22-15-19-18-13(20(15)4)10-12-8-6-5-7-9-12/h5-9H,10-11H2,1-4H3,(H,17,21). The molecule has 0 saturated carbocycles. The van der Waals surface area contributed by atoms with Gasteiger partial charge < -0.3 is 9.88 Å². The van der Waals surface area contributed by atoms with Crippen LogP contribution in [0.1, 0.15) is 32.2 Å². The minimum Gasteiger partial charge on any atom is -0.351 e. The molecule has 0 spiro atoms. The van der Waals surface area contributed by atoms with E-state index in [-0.39, 0.29) is 11.4 Å². The Hall–Kier alpha value is -1.82. The third-order valence-corrected chi connectivity index (χ3v) is 4.00. The second kappa shape index (κ2) is 6.96. The summed E-state index contributed by atoms with van der Waals surface area (Å²) in [6.45, 7) is 5.90. The average Bonchev–Trinajstić information content (AvgIpc) is 2.77. The maximum Gasteiger partial charge on any atom is 0.230 e. The highest BCUT2D eigenvalue weighted by Gasteiger charge is 2.16. The van der Waals surface area contributed by atoms with Crippen molar-refractivity contribution in [3.05, 3.63) is 41.7 Å². The quantitative estimate of drug-likeness (QED) is 0.860. The summed E-state index contributed by atoms with van der Waals surface area (Å²) < 4.78 is 1.95. The van der Waals surface area contributed by atoms with E-state index in [1.54, 1.807) is 0 Å². The second-order valence-electron chi connectivity index (χ2n) is 6.21. The number of benzene rings is 1. The van der Waals surface area contributed by atoms with Crippen molar-refractivity contribution in [1.29, 1.82) is 0 Å². The van der Waals surface area contributed by atoms with E-state index in [0.717, 1.165) is 17.4 Å². The van der Waals surface area contributed by atoms with Gasteiger partial charge in [-0.3, -0.25) is 4.79 Å². The fourth-order valence-corrected chi connectivity index (χ4v) is 2.72. The van der Waals surface area contributed by atoms with Crippen LogP contribution in [0.5, 0.6) is 0 Å². The molecule has 0 radical (unpaired) electrons. The Balaban J connectivity index is 1.95. The summed E-state index contributed by atoms with van der Waals surface area (Å²) in [5.74, 6) is 1.24. The van der Waals surface area contributed by atoms with E-state index in [0.29, 0.717) is 5.75 Å². The third kappa shape index (κ3) is 4.87. The normalized spacial score (nSPS) is 11.5. The zero-order chi connectivity index (χ0) is 16.2. The Labute approximate surface area is 135 Å². The number of nitrogens with zero attached hydrogens (tertiary/aromatic N) is 3. The Morgan fingerprint density at radius 2 is 1.91 bits per heavy atom. The highest BCUT2D eigenvalue weighted by Crippen LogP contribution is 2.17. The number of thioether (sulfide) groups is 1. The monoisotopic (exact) mass is 318 g/mol. The number of nitrogens with one attached hydrogen (secondary N) is 1. The number of carbonyl (C=O) groups is 1. The predicted molar refractivity (Wildman–Crippen MR) is 88.9 cm³/mol. The van der Waals surface area contributed by atoms with Gasteiger partial charge in [0.1, 0.15) is 5.82 Å². The van der Waals surface area contributed by atoms with Gasteiger partial charge >= 0.3 is 0 Å².